The summed E-state index contributed by atoms with van der Waals surface area (Å²) in [6.07, 6.45) is 1.59. The van der Waals surface area contributed by atoms with E-state index in [0.717, 1.165) is 22.2 Å². The first-order chi connectivity index (χ1) is 12.7. The van der Waals surface area contributed by atoms with E-state index in [2.05, 4.69) is 20.8 Å². The second-order valence-corrected chi connectivity index (χ2v) is 6.23. The molecule has 7 heteroatoms. The molecule has 3 aromatic rings. The zero-order chi connectivity index (χ0) is 18.4. The average Bonchev–Trinajstić information content (AvgIpc) is 2.67. The zero-order valence-electron chi connectivity index (χ0n) is 14.1. The van der Waals surface area contributed by atoms with Gasteiger partial charge in [0.1, 0.15) is 10.9 Å². The van der Waals surface area contributed by atoms with Gasteiger partial charge in [0.25, 0.3) is 0 Å². The maximum atomic E-state index is 6.22. The minimum absolute atomic E-state index is 0.372. The van der Waals surface area contributed by atoms with Crippen molar-refractivity contribution >= 4 is 46.0 Å². The number of fused-ring (bicyclic) bond motifs is 1. The van der Waals surface area contributed by atoms with Crippen molar-refractivity contribution in [3.8, 4) is 5.75 Å². The number of rotatable bonds is 5. The monoisotopic (exact) mass is 384 g/mol. The van der Waals surface area contributed by atoms with Crippen molar-refractivity contribution in [2.45, 2.75) is 6.54 Å². The summed E-state index contributed by atoms with van der Waals surface area (Å²) in [6.45, 7) is 0.625. The van der Waals surface area contributed by atoms with Gasteiger partial charge in [0.05, 0.1) is 18.8 Å². The highest BCUT2D eigenvalue weighted by molar-refractivity contribution is 7.80. The predicted octanol–water partition coefficient (Wildman–Crippen LogP) is 3.90. The fraction of sp³-hybridized carbons (Fsp3) is 0.105. The topological polar surface area (TPSA) is 58.5 Å². The van der Waals surface area contributed by atoms with Crippen LogP contribution in [0, 0.1) is 0 Å². The number of hydrazone groups is 1. The first-order valence-corrected chi connectivity index (χ1v) is 8.69. The number of halogens is 1. The summed E-state index contributed by atoms with van der Waals surface area (Å²) in [7, 11) is 1.63. The quantitative estimate of drug-likeness (QED) is 0.302. The van der Waals surface area contributed by atoms with Crippen molar-refractivity contribution in [3.63, 3.8) is 0 Å². The molecular weight excluding hydrogens is 368 g/mol. The molecular formula is C19H17ClN4OS. The number of methoxy groups -OCH3 is 1. The Balaban J connectivity index is 1.64. The molecule has 0 fully saturated rings. The number of ether oxygens (including phenoxy) is 1. The molecule has 0 saturated heterocycles. The molecule has 0 spiro atoms. The minimum Gasteiger partial charge on any atom is -0.497 e. The van der Waals surface area contributed by atoms with Crippen LogP contribution in [0.15, 0.2) is 59.7 Å². The Morgan fingerprint density at radius 1 is 1.23 bits per heavy atom. The molecule has 1 aromatic heterocycles. The van der Waals surface area contributed by atoms with Gasteiger partial charge in [-0.3, -0.25) is 5.43 Å². The Kier molecular flexibility index (Phi) is 5.99. The summed E-state index contributed by atoms with van der Waals surface area (Å²) in [5, 5.41) is 8.93. The standard InChI is InChI=1S/C19H17ClN4OS/c1-25-16-7-8-17-14(10-16)9-15(18(20)23-17)12-22-24-19(26)21-11-13-5-3-2-4-6-13/h2-10,12H,11H2,1H3,(H2,21,24,26)/b22-12-. The normalized spacial score (nSPS) is 10.8. The number of hydrogen-bond acceptors (Lipinski definition) is 4. The third-order valence-corrected chi connectivity index (χ3v) is 4.21. The predicted molar refractivity (Wildman–Crippen MR) is 110 cm³/mol. The molecule has 0 radical (unpaired) electrons. The molecule has 132 valence electrons. The fourth-order valence-corrected chi connectivity index (χ4v) is 2.66. The van der Waals surface area contributed by atoms with E-state index in [1.807, 2.05) is 54.6 Å². The van der Waals surface area contributed by atoms with Crippen molar-refractivity contribution in [3.05, 3.63) is 70.9 Å². The first kappa shape index (κ1) is 18.1. The van der Waals surface area contributed by atoms with Crippen molar-refractivity contribution < 1.29 is 4.74 Å². The van der Waals surface area contributed by atoms with Gasteiger partial charge < -0.3 is 10.1 Å². The van der Waals surface area contributed by atoms with Gasteiger partial charge in [-0.05, 0) is 42.0 Å². The number of nitrogens with one attached hydrogen (secondary N) is 2. The van der Waals surface area contributed by atoms with Crippen LogP contribution in [0.2, 0.25) is 5.15 Å². The van der Waals surface area contributed by atoms with Crippen LogP contribution in [0.4, 0.5) is 0 Å². The van der Waals surface area contributed by atoms with Gasteiger partial charge in [0, 0.05) is 17.5 Å². The van der Waals surface area contributed by atoms with Crippen molar-refractivity contribution in [2.24, 2.45) is 5.10 Å². The lowest BCUT2D eigenvalue weighted by atomic mass is 10.1. The smallest absolute Gasteiger partial charge is 0.187 e. The molecule has 0 aliphatic heterocycles. The van der Waals surface area contributed by atoms with Crippen LogP contribution in [0.25, 0.3) is 10.9 Å². The molecule has 2 N–H and O–H groups in total. The number of thiocarbonyl (C=S) groups is 1. The van der Waals surface area contributed by atoms with Gasteiger partial charge in [-0.2, -0.15) is 5.10 Å². The molecule has 0 atom stereocenters. The van der Waals surface area contributed by atoms with E-state index in [1.54, 1.807) is 13.3 Å². The van der Waals surface area contributed by atoms with Gasteiger partial charge in [0.15, 0.2) is 5.11 Å². The van der Waals surface area contributed by atoms with Crippen LogP contribution in [-0.2, 0) is 6.54 Å². The Morgan fingerprint density at radius 2 is 2.04 bits per heavy atom. The molecule has 0 unspecified atom stereocenters. The van der Waals surface area contributed by atoms with Crippen molar-refractivity contribution in [2.75, 3.05) is 7.11 Å². The molecule has 3 rings (SSSR count). The van der Waals surface area contributed by atoms with Gasteiger partial charge in [-0.25, -0.2) is 4.98 Å². The number of hydrogen-bond donors (Lipinski definition) is 2. The average molecular weight is 385 g/mol. The fourth-order valence-electron chi connectivity index (χ4n) is 2.34. The van der Waals surface area contributed by atoms with E-state index in [0.29, 0.717) is 22.4 Å². The maximum Gasteiger partial charge on any atom is 0.187 e. The molecule has 26 heavy (non-hydrogen) atoms. The van der Waals surface area contributed by atoms with E-state index < -0.39 is 0 Å². The van der Waals surface area contributed by atoms with E-state index in [4.69, 9.17) is 28.6 Å². The second kappa shape index (κ2) is 8.60. The third kappa shape index (κ3) is 4.68. The summed E-state index contributed by atoms with van der Waals surface area (Å²) in [5.74, 6) is 0.758. The van der Waals surface area contributed by atoms with Gasteiger partial charge in [-0.1, -0.05) is 41.9 Å². The minimum atomic E-state index is 0.372. The summed E-state index contributed by atoms with van der Waals surface area (Å²) < 4.78 is 5.24. The summed E-state index contributed by atoms with van der Waals surface area (Å²) in [5.41, 5.74) is 5.39. The SMILES string of the molecule is COc1ccc2nc(Cl)c(/C=N\NC(=S)NCc3ccccc3)cc2c1. The lowest BCUT2D eigenvalue weighted by Crippen LogP contribution is -2.31. The van der Waals surface area contributed by atoms with Gasteiger partial charge >= 0.3 is 0 Å². The Bertz CT molecular complexity index is 947. The number of nitrogens with zero attached hydrogens (tertiary/aromatic N) is 2. The Labute approximate surface area is 162 Å². The Hall–Kier alpha value is -2.70. The van der Waals surface area contributed by atoms with Crippen LogP contribution in [0.3, 0.4) is 0 Å². The summed E-state index contributed by atoms with van der Waals surface area (Å²) >= 11 is 11.4. The van der Waals surface area contributed by atoms with Crippen molar-refractivity contribution in [1.29, 1.82) is 0 Å². The molecule has 0 amide bonds. The number of pyridine rings is 1. The van der Waals surface area contributed by atoms with E-state index in [-0.39, 0.29) is 0 Å². The summed E-state index contributed by atoms with van der Waals surface area (Å²) in [6, 6.07) is 17.5. The van der Waals surface area contributed by atoms with Crippen LogP contribution in [-0.4, -0.2) is 23.4 Å². The third-order valence-electron chi connectivity index (χ3n) is 3.67. The number of benzene rings is 2. The largest absolute Gasteiger partial charge is 0.497 e. The maximum absolute atomic E-state index is 6.22. The van der Waals surface area contributed by atoms with E-state index in [1.165, 1.54) is 0 Å². The molecule has 1 heterocycles. The van der Waals surface area contributed by atoms with E-state index >= 15 is 0 Å². The van der Waals surface area contributed by atoms with Crippen molar-refractivity contribution in [1.82, 2.24) is 15.7 Å². The molecule has 0 saturated carbocycles. The lowest BCUT2D eigenvalue weighted by molar-refractivity contribution is 0.415. The zero-order valence-corrected chi connectivity index (χ0v) is 15.6. The molecule has 0 aliphatic carbocycles. The highest BCUT2D eigenvalue weighted by atomic mass is 35.5. The highest BCUT2D eigenvalue weighted by Crippen LogP contribution is 2.23. The molecule has 0 bridgehead atoms. The second-order valence-electron chi connectivity index (χ2n) is 5.47. The summed E-state index contributed by atoms with van der Waals surface area (Å²) in [4.78, 5) is 4.37. The van der Waals surface area contributed by atoms with E-state index in [9.17, 15) is 0 Å². The Morgan fingerprint density at radius 3 is 2.81 bits per heavy atom. The van der Waals surface area contributed by atoms with Crippen LogP contribution in [0.5, 0.6) is 5.75 Å². The highest BCUT2D eigenvalue weighted by Gasteiger charge is 2.04. The lowest BCUT2D eigenvalue weighted by Gasteiger charge is -2.07. The van der Waals surface area contributed by atoms with Gasteiger partial charge in [-0.15, -0.1) is 0 Å². The molecule has 2 aromatic carbocycles. The van der Waals surface area contributed by atoms with Crippen LogP contribution < -0.4 is 15.5 Å². The van der Waals surface area contributed by atoms with Crippen LogP contribution in [0.1, 0.15) is 11.1 Å². The molecule has 5 nitrogen and oxygen atoms in total. The van der Waals surface area contributed by atoms with Crippen LogP contribution >= 0.6 is 23.8 Å². The first-order valence-electron chi connectivity index (χ1n) is 7.91. The number of aromatic nitrogens is 1. The molecule has 0 aliphatic rings. The van der Waals surface area contributed by atoms with Gasteiger partial charge in [0.2, 0.25) is 0 Å².